The molecule has 0 spiro atoms. The Kier molecular flexibility index (Phi) is 5.11. The third-order valence-electron chi connectivity index (χ3n) is 3.22. The monoisotopic (exact) mass is 318 g/mol. The van der Waals surface area contributed by atoms with Gasteiger partial charge in [-0.05, 0) is 54.8 Å². The number of halogens is 1. The summed E-state index contributed by atoms with van der Waals surface area (Å²) in [5.41, 5.74) is 3.90. The average molecular weight is 319 g/mol. The maximum atomic E-state index is 4.17. The number of likely N-dealkylation sites (N-methyl/N-ethyl adjacent to an activating group) is 1. The Bertz CT molecular complexity index is 540. The number of nitrogens with one attached hydrogen (secondary N) is 1. The summed E-state index contributed by atoms with van der Waals surface area (Å²) in [6.45, 7) is 5.22. The van der Waals surface area contributed by atoms with Gasteiger partial charge in [0.1, 0.15) is 0 Å². The van der Waals surface area contributed by atoms with Crippen LogP contribution in [0.2, 0.25) is 0 Å². The Morgan fingerprint density at radius 3 is 2.84 bits per heavy atom. The van der Waals surface area contributed by atoms with Crippen LogP contribution in [0.3, 0.4) is 0 Å². The van der Waals surface area contributed by atoms with Gasteiger partial charge in [-0.2, -0.15) is 0 Å². The van der Waals surface area contributed by atoms with Gasteiger partial charge in [0.2, 0.25) is 0 Å². The standard InChI is InChI=1S/C16H19BrN2/c1-3-19-16(15-7-8-18-11-12(15)2)10-13-5-4-6-14(17)9-13/h4-9,11,16,19H,3,10H2,1-2H3. The zero-order valence-corrected chi connectivity index (χ0v) is 12.9. The van der Waals surface area contributed by atoms with Crippen molar-refractivity contribution < 1.29 is 0 Å². The van der Waals surface area contributed by atoms with Crippen LogP contribution in [-0.4, -0.2) is 11.5 Å². The lowest BCUT2D eigenvalue weighted by atomic mass is 9.96. The molecule has 1 heterocycles. The molecule has 3 heteroatoms. The Hall–Kier alpha value is -1.19. The summed E-state index contributed by atoms with van der Waals surface area (Å²) < 4.78 is 1.13. The van der Waals surface area contributed by atoms with Crippen LogP contribution >= 0.6 is 15.9 Å². The second kappa shape index (κ2) is 6.83. The van der Waals surface area contributed by atoms with Gasteiger partial charge in [-0.3, -0.25) is 4.98 Å². The Labute approximate surface area is 123 Å². The van der Waals surface area contributed by atoms with Crippen LogP contribution in [0.15, 0.2) is 47.2 Å². The summed E-state index contributed by atoms with van der Waals surface area (Å²) in [5.74, 6) is 0. The summed E-state index contributed by atoms with van der Waals surface area (Å²) >= 11 is 3.53. The molecule has 1 unspecified atom stereocenters. The lowest BCUT2D eigenvalue weighted by Crippen LogP contribution is -2.23. The number of aryl methyl sites for hydroxylation is 1. The quantitative estimate of drug-likeness (QED) is 0.899. The SMILES string of the molecule is CCNC(Cc1cccc(Br)c1)c1ccncc1C. The van der Waals surface area contributed by atoms with Gasteiger partial charge >= 0.3 is 0 Å². The maximum absolute atomic E-state index is 4.17. The molecule has 0 saturated carbocycles. The highest BCUT2D eigenvalue weighted by Gasteiger charge is 2.13. The highest BCUT2D eigenvalue weighted by molar-refractivity contribution is 9.10. The van der Waals surface area contributed by atoms with Crippen LogP contribution in [0.5, 0.6) is 0 Å². The van der Waals surface area contributed by atoms with Crippen LogP contribution in [0.4, 0.5) is 0 Å². The molecule has 0 aliphatic rings. The fourth-order valence-electron chi connectivity index (χ4n) is 2.31. The van der Waals surface area contributed by atoms with E-state index in [-0.39, 0.29) is 0 Å². The first kappa shape index (κ1) is 14.2. The second-order valence-electron chi connectivity index (χ2n) is 4.68. The summed E-state index contributed by atoms with van der Waals surface area (Å²) in [5, 5.41) is 3.56. The van der Waals surface area contributed by atoms with E-state index in [1.807, 2.05) is 12.4 Å². The lowest BCUT2D eigenvalue weighted by Gasteiger charge is -2.20. The fraction of sp³-hybridized carbons (Fsp3) is 0.312. The minimum Gasteiger partial charge on any atom is -0.310 e. The number of nitrogens with zero attached hydrogens (tertiary/aromatic N) is 1. The Morgan fingerprint density at radius 1 is 1.32 bits per heavy atom. The minimum absolute atomic E-state index is 0.335. The summed E-state index contributed by atoms with van der Waals surface area (Å²) in [7, 11) is 0. The van der Waals surface area contributed by atoms with E-state index in [1.165, 1.54) is 16.7 Å². The van der Waals surface area contributed by atoms with Crippen LogP contribution in [0, 0.1) is 6.92 Å². The molecular weight excluding hydrogens is 300 g/mol. The second-order valence-corrected chi connectivity index (χ2v) is 5.59. The van der Waals surface area contributed by atoms with Crippen molar-refractivity contribution in [3.63, 3.8) is 0 Å². The van der Waals surface area contributed by atoms with Crippen molar-refractivity contribution in [2.45, 2.75) is 26.3 Å². The first-order chi connectivity index (χ1) is 9.20. The molecule has 1 aromatic carbocycles. The largest absolute Gasteiger partial charge is 0.310 e. The molecular formula is C16H19BrN2. The maximum Gasteiger partial charge on any atom is 0.0364 e. The molecule has 0 fully saturated rings. The molecule has 1 atom stereocenters. The number of hydrogen-bond donors (Lipinski definition) is 1. The van der Waals surface area contributed by atoms with E-state index in [4.69, 9.17) is 0 Å². The molecule has 0 saturated heterocycles. The van der Waals surface area contributed by atoms with Crippen molar-refractivity contribution in [2.75, 3.05) is 6.54 Å². The highest BCUT2D eigenvalue weighted by atomic mass is 79.9. The van der Waals surface area contributed by atoms with E-state index in [0.717, 1.165) is 17.4 Å². The predicted octanol–water partition coefficient (Wildman–Crippen LogP) is 4.05. The van der Waals surface area contributed by atoms with E-state index in [9.17, 15) is 0 Å². The summed E-state index contributed by atoms with van der Waals surface area (Å²) in [6.07, 6.45) is 4.78. The normalized spacial score (nSPS) is 12.4. The molecule has 2 rings (SSSR count). The molecule has 0 aliphatic heterocycles. The number of aromatic nitrogens is 1. The molecule has 2 aromatic rings. The Morgan fingerprint density at radius 2 is 2.16 bits per heavy atom. The third-order valence-corrected chi connectivity index (χ3v) is 3.71. The molecule has 0 aliphatic carbocycles. The van der Waals surface area contributed by atoms with Gasteiger partial charge < -0.3 is 5.32 Å². The van der Waals surface area contributed by atoms with Crippen LogP contribution in [0.1, 0.15) is 29.7 Å². The zero-order chi connectivity index (χ0) is 13.7. The topological polar surface area (TPSA) is 24.9 Å². The van der Waals surface area contributed by atoms with Crippen LogP contribution in [-0.2, 0) is 6.42 Å². The average Bonchev–Trinajstić information content (AvgIpc) is 2.39. The number of rotatable bonds is 5. The molecule has 1 N–H and O–H groups in total. The molecule has 0 radical (unpaired) electrons. The molecule has 100 valence electrons. The highest BCUT2D eigenvalue weighted by Crippen LogP contribution is 2.22. The van der Waals surface area contributed by atoms with E-state index in [2.05, 4.69) is 70.4 Å². The van der Waals surface area contributed by atoms with E-state index in [1.54, 1.807) is 0 Å². The molecule has 19 heavy (non-hydrogen) atoms. The van der Waals surface area contributed by atoms with Crippen molar-refractivity contribution in [2.24, 2.45) is 0 Å². The molecule has 1 aromatic heterocycles. The number of pyridine rings is 1. The molecule has 0 bridgehead atoms. The van der Waals surface area contributed by atoms with E-state index >= 15 is 0 Å². The first-order valence-electron chi connectivity index (χ1n) is 6.59. The molecule has 2 nitrogen and oxygen atoms in total. The van der Waals surface area contributed by atoms with E-state index < -0.39 is 0 Å². The van der Waals surface area contributed by atoms with Crippen molar-refractivity contribution >= 4 is 15.9 Å². The Balaban J connectivity index is 2.24. The van der Waals surface area contributed by atoms with Gasteiger partial charge in [-0.15, -0.1) is 0 Å². The zero-order valence-electron chi connectivity index (χ0n) is 11.4. The van der Waals surface area contributed by atoms with Gasteiger partial charge in [0.25, 0.3) is 0 Å². The van der Waals surface area contributed by atoms with Crippen LogP contribution in [0.25, 0.3) is 0 Å². The predicted molar refractivity (Wildman–Crippen MR) is 83.2 cm³/mol. The van der Waals surface area contributed by atoms with Crippen LogP contribution < -0.4 is 5.32 Å². The lowest BCUT2D eigenvalue weighted by molar-refractivity contribution is 0.546. The van der Waals surface area contributed by atoms with Crippen molar-refractivity contribution in [1.29, 1.82) is 0 Å². The van der Waals surface area contributed by atoms with Crippen molar-refractivity contribution in [1.82, 2.24) is 10.3 Å². The third kappa shape index (κ3) is 3.88. The fourth-order valence-corrected chi connectivity index (χ4v) is 2.76. The molecule has 0 amide bonds. The smallest absolute Gasteiger partial charge is 0.0364 e. The van der Waals surface area contributed by atoms with Gasteiger partial charge in [0, 0.05) is 22.9 Å². The summed E-state index contributed by atoms with van der Waals surface area (Å²) in [6, 6.07) is 10.9. The summed E-state index contributed by atoms with van der Waals surface area (Å²) in [4.78, 5) is 4.17. The van der Waals surface area contributed by atoms with Gasteiger partial charge in [-0.25, -0.2) is 0 Å². The number of benzene rings is 1. The van der Waals surface area contributed by atoms with Gasteiger partial charge in [0.05, 0.1) is 0 Å². The number of hydrogen-bond acceptors (Lipinski definition) is 2. The van der Waals surface area contributed by atoms with Crippen molar-refractivity contribution in [3.8, 4) is 0 Å². The first-order valence-corrected chi connectivity index (χ1v) is 7.38. The van der Waals surface area contributed by atoms with Crippen molar-refractivity contribution in [3.05, 3.63) is 63.9 Å². The van der Waals surface area contributed by atoms with E-state index in [0.29, 0.717) is 6.04 Å². The van der Waals surface area contributed by atoms with Gasteiger partial charge in [-0.1, -0.05) is 35.0 Å². The minimum atomic E-state index is 0.335. The van der Waals surface area contributed by atoms with Gasteiger partial charge in [0.15, 0.2) is 0 Å².